The average molecular weight is 324 g/mol. The number of hydrogen-bond donors (Lipinski definition) is 2. The Labute approximate surface area is 141 Å². The second-order valence-electron chi connectivity index (χ2n) is 6.94. The Morgan fingerprint density at radius 3 is 2.96 bits per heavy atom. The molecule has 2 aromatic heterocycles. The van der Waals surface area contributed by atoms with Gasteiger partial charge in [0.05, 0.1) is 30.8 Å². The van der Waals surface area contributed by atoms with Gasteiger partial charge >= 0.3 is 0 Å². The first-order valence-electron chi connectivity index (χ1n) is 8.87. The second-order valence-corrected chi connectivity index (χ2v) is 6.94. The maximum Gasteiger partial charge on any atom is 0.0994 e. The van der Waals surface area contributed by atoms with E-state index in [1.807, 2.05) is 18.6 Å². The third-order valence-electron chi connectivity index (χ3n) is 5.60. The van der Waals surface area contributed by atoms with Crippen molar-refractivity contribution in [2.75, 3.05) is 6.61 Å². The highest BCUT2D eigenvalue weighted by Crippen LogP contribution is 2.32. The van der Waals surface area contributed by atoms with Gasteiger partial charge in [0.25, 0.3) is 0 Å². The Hall–Kier alpha value is -1.91. The minimum absolute atomic E-state index is 0.130. The largest absolute Gasteiger partial charge is 0.392 e. The van der Waals surface area contributed by atoms with Crippen molar-refractivity contribution in [1.82, 2.24) is 9.38 Å². The molecule has 0 saturated heterocycles. The summed E-state index contributed by atoms with van der Waals surface area (Å²) in [6, 6.07) is 0. The summed E-state index contributed by atoms with van der Waals surface area (Å²) in [7, 11) is 0. The van der Waals surface area contributed by atoms with Gasteiger partial charge in [-0.25, -0.2) is 4.98 Å². The normalized spacial score (nSPS) is 21.6. The Balaban J connectivity index is 1.55. The van der Waals surface area contributed by atoms with E-state index < -0.39 is 0 Å². The minimum Gasteiger partial charge on any atom is -0.392 e. The van der Waals surface area contributed by atoms with Crippen LogP contribution < -0.4 is 5.22 Å². The Kier molecular flexibility index (Phi) is 4.25. The standard InChI is InChI=1S/C20H24N2O2/c23-10-9-14-5-7-15(8-6-14)20(24)11-18-16-3-1-2-4-17(16)19-12-21-13-22(18)19/h1-2,4,9,12-13,15,20,23-24H,3,5-8,10-11H2. The van der Waals surface area contributed by atoms with Crippen LogP contribution in [0.1, 0.15) is 36.9 Å². The summed E-state index contributed by atoms with van der Waals surface area (Å²) in [5.41, 5.74) is 5.03. The molecule has 0 bridgehead atoms. The van der Waals surface area contributed by atoms with Gasteiger partial charge in [0.1, 0.15) is 0 Å². The molecule has 24 heavy (non-hydrogen) atoms. The topological polar surface area (TPSA) is 57.8 Å². The van der Waals surface area contributed by atoms with Crippen LogP contribution in [-0.4, -0.2) is 32.3 Å². The lowest BCUT2D eigenvalue weighted by Crippen LogP contribution is -2.26. The van der Waals surface area contributed by atoms with Crippen LogP contribution in [0.4, 0.5) is 0 Å². The van der Waals surface area contributed by atoms with E-state index in [9.17, 15) is 5.11 Å². The van der Waals surface area contributed by atoms with Gasteiger partial charge in [0, 0.05) is 17.3 Å². The molecule has 4 rings (SSSR count). The smallest absolute Gasteiger partial charge is 0.0994 e. The lowest BCUT2D eigenvalue weighted by atomic mass is 9.81. The van der Waals surface area contributed by atoms with E-state index in [0.717, 1.165) is 37.6 Å². The van der Waals surface area contributed by atoms with Crippen LogP contribution >= 0.6 is 0 Å². The third-order valence-corrected chi connectivity index (χ3v) is 5.60. The number of rotatable bonds is 4. The average Bonchev–Trinajstić information content (AvgIpc) is 3.19. The number of aliphatic hydroxyl groups is 2. The summed E-state index contributed by atoms with van der Waals surface area (Å²) in [5.74, 6) is 0.341. The molecule has 2 heterocycles. The van der Waals surface area contributed by atoms with Crippen molar-refractivity contribution < 1.29 is 10.2 Å². The molecular formula is C20H24N2O2. The number of nitrogens with zero attached hydrogens (tertiary/aromatic N) is 2. The zero-order valence-electron chi connectivity index (χ0n) is 13.9. The number of imidazole rings is 1. The van der Waals surface area contributed by atoms with Gasteiger partial charge in [0.15, 0.2) is 0 Å². The second kappa shape index (κ2) is 6.54. The first-order chi connectivity index (χ1) is 11.8. The zero-order valence-corrected chi connectivity index (χ0v) is 13.9. The fourth-order valence-corrected chi connectivity index (χ4v) is 4.24. The maximum atomic E-state index is 10.8. The molecule has 1 atom stereocenters. The first kappa shape index (κ1) is 15.6. The Morgan fingerprint density at radius 1 is 1.33 bits per heavy atom. The van der Waals surface area contributed by atoms with Gasteiger partial charge < -0.3 is 14.6 Å². The zero-order chi connectivity index (χ0) is 16.5. The highest BCUT2D eigenvalue weighted by atomic mass is 16.3. The van der Waals surface area contributed by atoms with Gasteiger partial charge in [-0.3, -0.25) is 0 Å². The number of hydrogen-bond acceptors (Lipinski definition) is 3. The van der Waals surface area contributed by atoms with Crippen LogP contribution in [0.15, 0.2) is 36.3 Å². The molecule has 4 heteroatoms. The van der Waals surface area contributed by atoms with E-state index in [-0.39, 0.29) is 12.7 Å². The number of allylic oxidation sites excluding steroid dienone is 3. The van der Waals surface area contributed by atoms with E-state index >= 15 is 0 Å². The summed E-state index contributed by atoms with van der Waals surface area (Å²) in [4.78, 5) is 4.29. The molecule has 0 radical (unpaired) electrons. The van der Waals surface area contributed by atoms with Crippen LogP contribution in [0.3, 0.4) is 0 Å². The van der Waals surface area contributed by atoms with E-state index in [0.29, 0.717) is 12.3 Å². The van der Waals surface area contributed by atoms with Crippen molar-refractivity contribution in [3.8, 4) is 0 Å². The molecule has 0 aliphatic heterocycles. The summed E-state index contributed by atoms with van der Waals surface area (Å²) < 4.78 is 2.15. The molecule has 2 N–H and O–H groups in total. The molecule has 0 spiro atoms. The Bertz CT molecular complexity index is 837. The molecule has 2 aromatic rings. The van der Waals surface area contributed by atoms with Gasteiger partial charge in [-0.1, -0.05) is 29.9 Å². The van der Waals surface area contributed by atoms with Crippen LogP contribution in [0.25, 0.3) is 11.6 Å². The molecule has 0 aromatic carbocycles. The van der Waals surface area contributed by atoms with Crippen molar-refractivity contribution in [3.63, 3.8) is 0 Å². The van der Waals surface area contributed by atoms with E-state index in [4.69, 9.17) is 5.11 Å². The molecule has 0 amide bonds. The molecule has 126 valence electrons. The van der Waals surface area contributed by atoms with Gasteiger partial charge in [-0.05, 0) is 43.6 Å². The van der Waals surface area contributed by atoms with Gasteiger partial charge in [-0.15, -0.1) is 0 Å². The summed E-state index contributed by atoms with van der Waals surface area (Å²) >= 11 is 0. The molecule has 4 nitrogen and oxygen atoms in total. The van der Waals surface area contributed by atoms with Crippen molar-refractivity contribution >= 4 is 11.6 Å². The quantitative estimate of drug-likeness (QED) is 0.845. The first-order valence-corrected chi connectivity index (χ1v) is 8.87. The molecule has 1 fully saturated rings. The van der Waals surface area contributed by atoms with Gasteiger partial charge in [-0.2, -0.15) is 0 Å². The van der Waals surface area contributed by atoms with Crippen molar-refractivity contribution in [2.24, 2.45) is 5.92 Å². The van der Waals surface area contributed by atoms with Gasteiger partial charge in [0.2, 0.25) is 0 Å². The van der Waals surface area contributed by atoms with Crippen LogP contribution in [-0.2, 0) is 12.8 Å². The molecule has 1 unspecified atom stereocenters. The van der Waals surface area contributed by atoms with E-state index in [1.165, 1.54) is 22.0 Å². The summed E-state index contributed by atoms with van der Waals surface area (Å²) in [5, 5.41) is 21.1. The lowest BCUT2D eigenvalue weighted by Gasteiger charge is -2.28. The highest BCUT2D eigenvalue weighted by molar-refractivity contribution is 5.62. The molecule has 1 saturated carbocycles. The summed E-state index contributed by atoms with van der Waals surface area (Å²) in [6.45, 7) is 0.130. The highest BCUT2D eigenvalue weighted by Gasteiger charge is 2.26. The minimum atomic E-state index is -0.316. The predicted octanol–water partition coefficient (Wildman–Crippen LogP) is 1.96. The number of fused-ring (bicyclic) bond motifs is 3. The van der Waals surface area contributed by atoms with Crippen LogP contribution in [0, 0.1) is 5.92 Å². The monoisotopic (exact) mass is 324 g/mol. The lowest BCUT2D eigenvalue weighted by molar-refractivity contribution is 0.0905. The van der Waals surface area contributed by atoms with Crippen LogP contribution in [0.2, 0.25) is 0 Å². The molecule has 2 aliphatic rings. The maximum absolute atomic E-state index is 10.8. The van der Waals surface area contributed by atoms with Crippen molar-refractivity contribution in [3.05, 3.63) is 52.8 Å². The fourth-order valence-electron chi connectivity index (χ4n) is 4.24. The number of aliphatic hydroxyl groups excluding tert-OH is 2. The Morgan fingerprint density at radius 2 is 2.17 bits per heavy atom. The van der Waals surface area contributed by atoms with E-state index in [1.54, 1.807) is 0 Å². The van der Waals surface area contributed by atoms with Crippen LogP contribution in [0.5, 0.6) is 0 Å². The SMILES string of the molecule is OCC=C1CCC(C(O)Cc2c3c(c4cncn24)=CC=CC3)CC1. The van der Waals surface area contributed by atoms with E-state index in [2.05, 4.69) is 27.6 Å². The molecular weight excluding hydrogens is 300 g/mol. The third kappa shape index (κ3) is 2.70. The summed E-state index contributed by atoms with van der Waals surface area (Å²) in [6.07, 6.45) is 17.5. The number of aromatic nitrogens is 2. The van der Waals surface area contributed by atoms with Crippen molar-refractivity contribution in [2.45, 2.75) is 44.6 Å². The fraction of sp³-hybridized carbons (Fsp3) is 0.450. The van der Waals surface area contributed by atoms with Crippen molar-refractivity contribution in [1.29, 1.82) is 0 Å². The predicted molar refractivity (Wildman–Crippen MR) is 94.6 cm³/mol. The molecule has 2 aliphatic carbocycles.